The predicted octanol–water partition coefficient (Wildman–Crippen LogP) is 1.11. The highest BCUT2D eigenvalue weighted by molar-refractivity contribution is 5.83. The monoisotopic (exact) mass is 274 g/mol. The molecular weight excluding hydrogens is 252 g/mol. The normalized spacial score (nSPS) is 33.6. The summed E-state index contributed by atoms with van der Waals surface area (Å²) >= 11 is 0. The number of carbonyl (C=O) groups excluding carboxylic acids is 1. The van der Waals surface area contributed by atoms with Gasteiger partial charge in [-0.15, -0.1) is 0 Å². The minimum Gasteiger partial charge on any atom is -0.392 e. The Labute approximate surface area is 119 Å². The molecule has 4 atom stereocenters. The van der Waals surface area contributed by atoms with Gasteiger partial charge in [-0.25, -0.2) is 0 Å². The van der Waals surface area contributed by atoms with Crippen molar-refractivity contribution < 1.29 is 9.90 Å². The molecule has 0 bridgehead atoms. The molecule has 2 heterocycles. The van der Waals surface area contributed by atoms with E-state index in [9.17, 15) is 9.90 Å². The fourth-order valence-corrected chi connectivity index (χ4v) is 3.41. The van der Waals surface area contributed by atoms with E-state index in [0.29, 0.717) is 18.9 Å². The van der Waals surface area contributed by atoms with Gasteiger partial charge in [-0.2, -0.15) is 0 Å². The van der Waals surface area contributed by atoms with E-state index in [2.05, 4.69) is 36.5 Å². The number of aliphatic hydroxyl groups is 1. The maximum absolute atomic E-state index is 12.5. The molecule has 2 fully saturated rings. The molecule has 20 heavy (non-hydrogen) atoms. The van der Waals surface area contributed by atoms with Crippen molar-refractivity contribution in [3.05, 3.63) is 35.9 Å². The van der Waals surface area contributed by atoms with Gasteiger partial charge in [0, 0.05) is 25.0 Å². The molecule has 1 amide bonds. The van der Waals surface area contributed by atoms with E-state index in [1.165, 1.54) is 5.56 Å². The van der Waals surface area contributed by atoms with E-state index in [1.807, 2.05) is 11.0 Å². The molecule has 3 rings (SSSR count). The lowest BCUT2D eigenvalue weighted by Gasteiger charge is -2.25. The van der Waals surface area contributed by atoms with Crippen LogP contribution in [-0.4, -0.2) is 47.2 Å². The second-order valence-corrected chi connectivity index (χ2v) is 6.03. The summed E-state index contributed by atoms with van der Waals surface area (Å²) in [6, 6.07) is 10.5. The molecule has 2 saturated heterocycles. The molecule has 0 aromatic heterocycles. The first kappa shape index (κ1) is 13.6. The molecule has 0 spiro atoms. The molecule has 1 aromatic rings. The standard InChI is InChI=1S/C16H22N2O2/c1-11-7-13(12-5-3-2-4-6-12)10-18(11)16(20)15-8-14(19)9-17-15/h2-6,11,13-15,17,19H,7-10H2,1H3. The lowest BCUT2D eigenvalue weighted by atomic mass is 9.97. The molecule has 2 aliphatic heterocycles. The highest BCUT2D eigenvalue weighted by atomic mass is 16.3. The second-order valence-electron chi connectivity index (χ2n) is 6.03. The number of nitrogens with zero attached hydrogens (tertiary/aromatic N) is 1. The van der Waals surface area contributed by atoms with Crippen molar-refractivity contribution in [2.24, 2.45) is 0 Å². The number of aliphatic hydroxyl groups excluding tert-OH is 1. The molecule has 0 saturated carbocycles. The van der Waals surface area contributed by atoms with Gasteiger partial charge < -0.3 is 15.3 Å². The number of β-amino-alcohol motifs (C(OH)–C–C–N with tert-alkyl or cyclic N) is 1. The van der Waals surface area contributed by atoms with E-state index in [1.54, 1.807) is 0 Å². The molecule has 2 aliphatic rings. The van der Waals surface area contributed by atoms with Crippen molar-refractivity contribution in [2.45, 2.75) is 43.9 Å². The zero-order chi connectivity index (χ0) is 14.1. The quantitative estimate of drug-likeness (QED) is 0.849. The van der Waals surface area contributed by atoms with Gasteiger partial charge in [0.15, 0.2) is 0 Å². The Hall–Kier alpha value is -1.39. The molecule has 4 unspecified atom stereocenters. The van der Waals surface area contributed by atoms with Crippen LogP contribution in [0.1, 0.15) is 31.2 Å². The number of hydrogen-bond acceptors (Lipinski definition) is 3. The minimum atomic E-state index is -0.383. The van der Waals surface area contributed by atoms with Gasteiger partial charge in [0.2, 0.25) is 5.91 Å². The van der Waals surface area contributed by atoms with Crippen LogP contribution < -0.4 is 5.32 Å². The Bertz CT molecular complexity index is 477. The predicted molar refractivity (Wildman–Crippen MR) is 77.4 cm³/mol. The lowest BCUT2D eigenvalue weighted by Crippen LogP contribution is -2.45. The van der Waals surface area contributed by atoms with Gasteiger partial charge in [0.25, 0.3) is 0 Å². The summed E-state index contributed by atoms with van der Waals surface area (Å²) in [5.41, 5.74) is 1.31. The fraction of sp³-hybridized carbons (Fsp3) is 0.562. The summed E-state index contributed by atoms with van der Waals surface area (Å²) in [5.74, 6) is 0.578. The van der Waals surface area contributed by atoms with Crippen LogP contribution >= 0.6 is 0 Å². The van der Waals surface area contributed by atoms with E-state index in [-0.39, 0.29) is 24.1 Å². The molecule has 4 nitrogen and oxygen atoms in total. The zero-order valence-electron chi connectivity index (χ0n) is 11.8. The van der Waals surface area contributed by atoms with Crippen molar-refractivity contribution in [1.82, 2.24) is 10.2 Å². The molecular formula is C16H22N2O2. The van der Waals surface area contributed by atoms with Crippen LogP contribution in [0.25, 0.3) is 0 Å². The number of rotatable bonds is 2. The smallest absolute Gasteiger partial charge is 0.240 e. The topological polar surface area (TPSA) is 52.6 Å². The van der Waals surface area contributed by atoms with Crippen molar-refractivity contribution >= 4 is 5.91 Å². The summed E-state index contributed by atoms with van der Waals surface area (Å²) in [4.78, 5) is 14.5. The fourth-order valence-electron chi connectivity index (χ4n) is 3.41. The van der Waals surface area contributed by atoms with E-state index in [0.717, 1.165) is 13.0 Å². The van der Waals surface area contributed by atoms with Crippen molar-refractivity contribution in [3.8, 4) is 0 Å². The molecule has 108 valence electrons. The Balaban J connectivity index is 1.68. The number of benzene rings is 1. The number of hydrogen-bond donors (Lipinski definition) is 2. The van der Waals surface area contributed by atoms with Crippen molar-refractivity contribution in [1.29, 1.82) is 0 Å². The molecule has 0 radical (unpaired) electrons. The van der Waals surface area contributed by atoms with Gasteiger partial charge in [0.1, 0.15) is 0 Å². The summed E-state index contributed by atoms with van der Waals surface area (Å²) in [6.45, 7) is 3.44. The Kier molecular flexibility index (Phi) is 3.76. The number of amides is 1. The number of carbonyl (C=O) groups is 1. The van der Waals surface area contributed by atoms with Crippen LogP contribution in [0, 0.1) is 0 Å². The third kappa shape index (κ3) is 2.58. The van der Waals surface area contributed by atoms with E-state index in [4.69, 9.17) is 0 Å². The van der Waals surface area contributed by atoms with Crippen LogP contribution in [-0.2, 0) is 4.79 Å². The lowest BCUT2D eigenvalue weighted by molar-refractivity contribution is -0.133. The second kappa shape index (κ2) is 5.54. The van der Waals surface area contributed by atoms with Crippen LogP contribution in [0.4, 0.5) is 0 Å². The zero-order valence-corrected chi connectivity index (χ0v) is 11.8. The minimum absolute atomic E-state index is 0.146. The largest absolute Gasteiger partial charge is 0.392 e. The maximum atomic E-state index is 12.5. The Morgan fingerprint density at radius 1 is 1.30 bits per heavy atom. The third-order valence-corrected chi connectivity index (χ3v) is 4.53. The first-order valence-corrected chi connectivity index (χ1v) is 7.42. The third-order valence-electron chi connectivity index (χ3n) is 4.53. The highest BCUT2D eigenvalue weighted by Gasteiger charge is 2.38. The van der Waals surface area contributed by atoms with E-state index >= 15 is 0 Å². The summed E-state index contributed by atoms with van der Waals surface area (Å²) in [5, 5.41) is 12.7. The first-order valence-electron chi connectivity index (χ1n) is 7.42. The molecule has 1 aromatic carbocycles. The summed E-state index contributed by atoms with van der Waals surface area (Å²) in [7, 11) is 0. The summed E-state index contributed by atoms with van der Waals surface area (Å²) < 4.78 is 0. The van der Waals surface area contributed by atoms with Gasteiger partial charge in [0.05, 0.1) is 12.1 Å². The van der Waals surface area contributed by atoms with Crippen LogP contribution in [0.5, 0.6) is 0 Å². The van der Waals surface area contributed by atoms with E-state index < -0.39 is 0 Å². The van der Waals surface area contributed by atoms with Crippen molar-refractivity contribution in [2.75, 3.05) is 13.1 Å². The maximum Gasteiger partial charge on any atom is 0.240 e. The Morgan fingerprint density at radius 2 is 2.05 bits per heavy atom. The number of likely N-dealkylation sites (tertiary alicyclic amines) is 1. The summed E-state index contributed by atoms with van der Waals surface area (Å²) in [6.07, 6.45) is 1.18. The Morgan fingerprint density at radius 3 is 2.70 bits per heavy atom. The van der Waals surface area contributed by atoms with Gasteiger partial charge >= 0.3 is 0 Å². The molecule has 2 N–H and O–H groups in total. The molecule has 0 aliphatic carbocycles. The van der Waals surface area contributed by atoms with Crippen LogP contribution in [0.15, 0.2) is 30.3 Å². The van der Waals surface area contributed by atoms with Crippen LogP contribution in [0.2, 0.25) is 0 Å². The van der Waals surface area contributed by atoms with Gasteiger partial charge in [-0.05, 0) is 25.3 Å². The highest BCUT2D eigenvalue weighted by Crippen LogP contribution is 2.32. The first-order chi connectivity index (χ1) is 9.65. The SMILES string of the molecule is CC1CC(c2ccccc2)CN1C(=O)C1CC(O)CN1. The van der Waals surface area contributed by atoms with Crippen molar-refractivity contribution in [3.63, 3.8) is 0 Å². The van der Waals surface area contributed by atoms with Gasteiger partial charge in [-0.1, -0.05) is 30.3 Å². The molecule has 4 heteroatoms. The number of nitrogens with one attached hydrogen (secondary N) is 1. The average molecular weight is 274 g/mol. The van der Waals surface area contributed by atoms with Crippen LogP contribution in [0.3, 0.4) is 0 Å². The van der Waals surface area contributed by atoms with Gasteiger partial charge in [-0.3, -0.25) is 4.79 Å². The average Bonchev–Trinajstić information content (AvgIpc) is 3.05.